The molecule has 2 saturated heterocycles. The van der Waals surface area contributed by atoms with Gasteiger partial charge in [0.15, 0.2) is 0 Å². The minimum absolute atomic E-state index is 0.104. The Bertz CT molecular complexity index is 2120. The van der Waals surface area contributed by atoms with E-state index >= 15 is 8.78 Å². The minimum atomic E-state index is -0.802. The van der Waals surface area contributed by atoms with Crippen molar-refractivity contribution in [3.63, 3.8) is 0 Å². The van der Waals surface area contributed by atoms with Crippen LogP contribution in [0.4, 0.5) is 24.1 Å². The van der Waals surface area contributed by atoms with Crippen LogP contribution in [-0.4, -0.2) is 99.7 Å². The van der Waals surface area contributed by atoms with Crippen molar-refractivity contribution < 1.29 is 37.4 Å². The fourth-order valence-corrected chi connectivity index (χ4v) is 7.96. The van der Waals surface area contributed by atoms with E-state index in [-0.39, 0.29) is 35.1 Å². The Labute approximate surface area is 322 Å². The molecule has 0 bridgehead atoms. The Morgan fingerprint density at radius 1 is 0.750 bits per heavy atom. The lowest BCUT2D eigenvalue weighted by molar-refractivity contribution is -0.134. The Morgan fingerprint density at radius 2 is 1.27 bits per heavy atom. The van der Waals surface area contributed by atoms with Crippen molar-refractivity contribution in [3.05, 3.63) is 77.1 Å². The van der Waals surface area contributed by atoms with Crippen molar-refractivity contribution in [2.75, 3.05) is 38.8 Å². The van der Waals surface area contributed by atoms with Crippen molar-refractivity contribution >= 4 is 29.7 Å². The SMILES string of the molecule is COC(=O)N[C@@H](C)C(=O)N1CCC[C@H]1c1ncc(-c2cc(F)c(N3CCc4cc(-c5cnc([C@@H]6CCCN6C(=O)[C@H](C)NC(=O)OC)[nH]5)ccc4C3)c(F)c2)[nH]1. The lowest BCUT2D eigenvalue weighted by Gasteiger charge is -2.31. The number of aromatic nitrogens is 4. The zero-order valence-corrected chi connectivity index (χ0v) is 31.7. The summed E-state index contributed by atoms with van der Waals surface area (Å²) in [6.07, 6.45) is 5.37. The molecule has 2 aromatic heterocycles. The summed E-state index contributed by atoms with van der Waals surface area (Å²) in [7, 11) is 2.48. The highest BCUT2D eigenvalue weighted by Gasteiger charge is 2.36. The molecular weight excluding hydrogens is 728 g/mol. The molecule has 7 rings (SSSR count). The Kier molecular flexibility index (Phi) is 10.9. The Balaban J connectivity index is 1.02. The van der Waals surface area contributed by atoms with Gasteiger partial charge in [0.25, 0.3) is 0 Å². The van der Waals surface area contributed by atoms with Gasteiger partial charge in [-0.3, -0.25) is 9.59 Å². The summed E-state index contributed by atoms with van der Waals surface area (Å²) in [5.41, 5.74) is 4.31. The van der Waals surface area contributed by atoms with Gasteiger partial charge in [0.1, 0.15) is 41.1 Å². The van der Waals surface area contributed by atoms with Crippen LogP contribution in [0.1, 0.15) is 74.4 Å². The summed E-state index contributed by atoms with van der Waals surface area (Å²) < 4.78 is 40.8. The van der Waals surface area contributed by atoms with E-state index in [0.717, 1.165) is 41.6 Å². The maximum Gasteiger partial charge on any atom is 0.407 e. The van der Waals surface area contributed by atoms with Crippen LogP contribution in [-0.2, 0) is 32.0 Å². The number of benzene rings is 2. The topological polar surface area (TPSA) is 178 Å². The summed E-state index contributed by atoms with van der Waals surface area (Å²) >= 11 is 0. The molecule has 4 atom stereocenters. The molecule has 0 unspecified atom stereocenters. The normalized spacial score (nSPS) is 19.0. The number of likely N-dealkylation sites (tertiary alicyclic amines) is 2. The summed E-state index contributed by atoms with van der Waals surface area (Å²) in [6, 6.07) is 6.37. The van der Waals surface area contributed by atoms with Gasteiger partial charge in [-0.15, -0.1) is 0 Å². The molecule has 15 nitrogen and oxygen atoms in total. The van der Waals surface area contributed by atoms with Crippen LogP contribution in [0.5, 0.6) is 0 Å². The second kappa shape index (κ2) is 16.0. The highest BCUT2D eigenvalue weighted by molar-refractivity contribution is 5.86. The molecule has 56 heavy (non-hydrogen) atoms. The number of H-pyrrole nitrogens is 2. The fourth-order valence-electron chi connectivity index (χ4n) is 7.96. The molecule has 0 aliphatic carbocycles. The predicted molar refractivity (Wildman–Crippen MR) is 200 cm³/mol. The van der Waals surface area contributed by atoms with E-state index in [9.17, 15) is 19.2 Å². The molecule has 4 N–H and O–H groups in total. The number of carbonyl (C=O) groups excluding carboxylic acids is 4. The molecule has 4 aromatic rings. The molecule has 3 aliphatic heterocycles. The first-order chi connectivity index (χ1) is 26.9. The summed E-state index contributed by atoms with van der Waals surface area (Å²) in [4.78, 5) is 70.2. The number of hydrogen-bond donors (Lipinski definition) is 4. The van der Waals surface area contributed by atoms with E-state index in [0.29, 0.717) is 56.4 Å². The van der Waals surface area contributed by atoms with Gasteiger partial charge in [-0.05, 0) is 80.8 Å². The first kappa shape index (κ1) is 38.3. The number of alkyl carbamates (subject to hydrolysis) is 2. The number of fused-ring (bicyclic) bond motifs is 1. The molecule has 2 fully saturated rings. The van der Waals surface area contributed by atoms with Crippen LogP contribution in [0, 0.1) is 11.6 Å². The van der Waals surface area contributed by atoms with E-state index in [1.165, 1.54) is 32.5 Å². The quantitative estimate of drug-likeness (QED) is 0.180. The number of ether oxygens (including phenoxy) is 2. The highest BCUT2D eigenvalue weighted by atomic mass is 19.1. The molecule has 296 valence electrons. The number of carbonyl (C=O) groups is 4. The molecule has 2 aromatic carbocycles. The van der Waals surface area contributed by atoms with E-state index in [2.05, 4.69) is 46.1 Å². The van der Waals surface area contributed by atoms with Crippen LogP contribution >= 0.6 is 0 Å². The Hall–Kier alpha value is -6.00. The van der Waals surface area contributed by atoms with Crippen LogP contribution in [0.15, 0.2) is 42.7 Å². The molecule has 3 aliphatic rings. The van der Waals surface area contributed by atoms with Gasteiger partial charge in [0.05, 0.1) is 50.1 Å². The standard InChI is InChI=1S/C39H45F2N9O6/c1-21(44-38(53)55-3)36(51)49-12-5-7-31(49)34-42-18-29(46-34)24-9-10-25-20-48(14-11-23(25)15-24)33-27(40)16-26(17-28(33)41)30-19-43-35(47-30)32-8-6-13-50(32)37(52)22(2)45-39(54)56-4/h9-10,15-19,21-22,31-32H,5-8,11-14,20H2,1-4H3,(H,42,46)(H,43,47)(H,44,53)(H,45,54)/t21-,22-,31-,32-/m0/s1. The molecule has 0 spiro atoms. The van der Waals surface area contributed by atoms with E-state index in [4.69, 9.17) is 0 Å². The summed E-state index contributed by atoms with van der Waals surface area (Å²) in [5, 5.41) is 5.03. The Morgan fingerprint density at radius 3 is 1.79 bits per heavy atom. The first-order valence-corrected chi connectivity index (χ1v) is 18.7. The zero-order chi connectivity index (χ0) is 39.7. The van der Waals surface area contributed by atoms with Gasteiger partial charge in [-0.25, -0.2) is 28.3 Å². The van der Waals surface area contributed by atoms with Crippen LogP contribution in [0.3, 0.4) is 0 Å². The smallest absolute Gasteiger partial charge is 0.407 e. The predicted octanol–water partition coefficient (Wildman–Crippen LogP) is 5.12. The number of nitrogens with zero attached hydrogens (tertiary/aromatic N) is 5. The summed E-state index contributed by atoms with van der Waals surface area (Å²) in [5.74, 6) is -0.731. The number of nitrogens with one attached hydrogen (secondary N) is 4. The third-order valence-electron chi connectivity index (χ3n) is 10.8. The van der Waals surface area contributed by atoms with Crippen molar-refractivity contribution in [2.45, 2.75) is 76.7 Å². The van der Waals surface area contributed by atoms with Crippen molar-refractivity contribution in [1.29, 1.82) is 0 Å². The number of rotatable bonds is 9. The lowest BCUT2D eigenvalue weighted by atomic mass is 9.96. The highest BCUT2D eigenvalue weighted by Crippen LogP contribution is 2.37. The fraction of sp³-hybridized carbons (Fsp3) is 0.436. The van der Waals surface area contributed by atoms with Gasteiger partial charge in [0.2, 0.25) is 11.8 Å². The van der Waals surface area contributed by atoms with Crippen molar-refractivity contribution in [3.8, 4) is 22.5 Å². The van der Waals surface area contributed by atoms with Gasteiger partial charge in [0, 0.05) is 31.7 Å². The van der Waals surface area contributed by atoms with E-state index in [1.807, 2.05) is 12.1 Å². The second-order valence-corrected chi connectivity index (χ2v) is 14.4. The van der Waals surface area contributed by atoms with E-state index in [1.54, 1.807) is 34.7 Å². The van der Waals surface area contributed by atoms with Crippen LogP contribution in [0.25, 0.3) is 22.5 Å². The zero-order valence-electron chi connectivity index (χ0n) is 31.7. The van der Waals surface area contributed by atoms with Crippen molar-refractivity contribution in [2.24, 2.45) is 0 Å². The van der Waals surface area contributed by atoms with Gasteiger partial charge in [-0.1, -0.05) is 12.1 Å². The molecule has 5 heterocycles. The maximum absolute atomic E-state index is 15.8. The van der Waals surface area contributed by atoms with Gasteiger partial charge < -0.3 is 44.8 Å². The third kappa shape index (κ3) is 7.62. The maximum atomic E-state index is 15.8. The second-order valence-electron chi connectivity index (χ2n) is 14.4. The number of imidazole rings is 2. The largest absolute Gasteiger partial charge is 0.453 e. The number of anilines is 1. The van der Waals surface area contributed by atoms with E-state index < -0.39 is 35.9 Å². The third-order valence-corrected chi connectivity index (χ3v) is 10.8. The minimum Gasteiger partial charge on any atom is -0.453 e. The number of amides is 4. The molecule has 0 radical (unpaired) electrons. The lowest BCUT2D eigenvalue weighted by Crippen LogP contribution is -2.46. The van der Waals surface area contributed by atoms with Gasteiger partial charge >= 0.3 is 12.2 Å². The van der Waals surface area contributed by atoms with Crippen LogP contribution < -0.4 is 15.5 Å². The number of hydrogen-bond acceptors (Lipinski definition) is 9. The number of methoxy groups -OCH3 is 2. The van der Waals surface area contributed by atoms with Gasteiger partial charge in [-0.2, -0.15) is 0 Å². The molecule has 17 heteroatoms. The average molecular weight is 774 g/mol. The number of aromatic amines is 2. The molecule has 4 amide bonds. The average Bonchev–Trinajstić information content (AvgIpc) is 4.03. The molecule has 0 saturated carbocycles. The molecular formula is C39H45F2N9O6. The number of halogens is 2. The van der Waals surface area contributed by atoms with Crippen molar-refractivity contribution in [1.82, 2.24) is 40.4 Å². The summed E-state index contributed by atoms with van der Waals surface area (Å²) in [6.45, 7) is 4.96. The van der Waals surface area contributed by atoms with Crippen LogP contribution in [0.2, 0.25) is 0 Å². The first-order valence-electron chi connectivity index (χ1n) is 18.7. The monoisotopic (exact) mass is 773 g/mol.